The Kier molecular flexibility index (Phi) is 6.41. The van der Waals surface area contributed by atoms with Gasteiger partial charge in [0.2, 0.25) is 5.91 Å². The highest BCUT2D eigenvalue weighted by Crippen LogP contribution is 2.38. The SMILES string of the molecule is C=CC(=O)N1C2CCC1CC(Oc1ccc3ncnc(Nc4ccc(Oc5ccn6ncnc6c5)c(C)c4F)c3c1)C2. The monoisotopic (exact) mass is 565 g/mol. The van der Waals surface area contributed by atoms with Gasteiger partial charge in [-0.25, -0.2) is 23.9 Å². The van der Waals surface area contributed by atoms with Crippen LogP contribution in [0.5, 0.6) is 17.2 Å². The van der Waals surface area contributed by atoms with E-state index in [9.17, 15) is 4.79 Å². The number of halogens is 1. The summed E-state index contributed by atoms with van der Waals surface area (Å²) in [6, 6.07) is 12.8. The van der Waals surface area contributed by atoms with Crippen LogP contribution in [0.4, 0.5) is 15.9 Å². The van der Waals surface area contributed by atoms with Gasteiger partial charge in [0.1, 0.15) is 41.8 Å². The van der Waals surface area contributed by atoms with E-state index >= 15 is 4.39 Å². The van der Waals surface area contributed by atoms with Gasteiger partial charge < -0.3 is 19.7 Å². The summed E-state index contributed by atoms with van der Waals surface area (Å²) in [5, 5.41) is 7.91. The van der Waals surface area contributed by atoms with E-state index in [0.717, 1.165) is 25.7 Å². The summed E-state index contributed by atoms with van der Waals surface area (Å²) >= 11 is 0. The van der Waals surface area contributed by atoms with Crippen LogP contribution in [0.3, 0.4) is 0 Å². The Morgan fingerprint density at radius 1 is 1.05 bits per heavy atom. The van der Waals surface area contributed by atoms with E-state index in [2.05, 4.69) is 31.9 Å². The lowest BCUT2D eigenvalue weighted by molar-refractivity contribution is -0.131. The van der Waals surface area contributed by atoms with Gasteiger partial charge in [-0.1, -0.05) is 6.58 Å². The molecule has 2 aliphatic rings. The molecule has 212 valence electrons. The number of nitrogens with one attached hydrogen (secondary N) is 1. The quantitative estimate of drug-likeness (QED) is 0.249. The zero-order chi connectivity index (χ0) is 28.8. The second-order valence-corrected chi connectivity index (χ2v) is 10.6. The molecule has 5 aromatic rings. The maximum atomic E-state index is 15.6. The topological polar surface area (TPSA) is 107 Å². The highest BCUT2D eigenvalue weighted by atomic mass is 19.1. The van der Waals surface area contributed by atoms with Crippen molar-refractivity contribution in [2.75, 3.05) is 5.32 Å². The number of pyridine rings is 1. The number of nitrogens with zero attached hydrogens (tertiary/aromatic N) is 6. The molecule has 42 heavy (non-hydrogen) atoms. The lowest BCUT2D eigenvalue weighted by atomic mass is 9.99. The first-order valence-electron chi connectivity index (χ1n) is 13.9. The van der Waals surface area contributed by atoms with Crippen LogP contribution in [-0.2, 0) is 4.79 Å². The molecule has 11 heteroatoms. The first-order chi connectivity index (χ1) is 20.5. The van der Waals surface area contributed by atoms with Crippen LogP contribution >= 0.6 is 0 Å². The number of rotatable bonds is 7. The molecule has 0 radical (unpaired) electrons. The van der Waals surface area contributed by atoms with E-state index in [4.69, 9.17) is 9.47 Å². The zero-order valence-corrected chi connectivity index (χ0v) is 22.9. The summed E-state index contributed by atoms with van der Waals surface area (Å²) in [6.07, 6.45) is 9.53. The van der Waals surface area contributed by atoms with Crippen LogP contribution < -0.4 is 14.8 Å². The molecule has 2 atom stereocenters. The third-order valence-corrected chi connectivity index (χ3v) is 8.10. The van der Waals surface area contributed by atoms with Crippen molar-refractivity contribution in [3.63, 3.8) is 0 Å². The number of anilines is 2. The van der Waals surface area contributed by atoms with E-state index < -0.39 is 5.82 Å². The molecule has 2 bridgehead atoms. The van der Waals surface area contributed by atoms with Crippen LogP contribution in [0.2, 0.25) is 0 Å². The molecule has 2 saturated heterocycles. The van der Waals surface area contributed by atoms with Crippen molar-refractivity contribution in [1.29, 1.82) is 0 Å². The number of hydrogen-bond donors (Lipinski definition) is 1. The number of ether oxygens (including phenoxy) is 2. The average molecular weight is 566 g/mol. The molecule has 2 aliphatic heterocycles. The number of aromatic nitrogens is 5. The minimum absolute atomic E-state index is 0.00466. The molecule has 1 amide bonds. The fourth-order valence-electron chi connectivity index (χ4n) is 6.08. The van der Waals surface area contributed by atoms with Crippen molar-refractivity contribution in [3.8, 4) is 17.2 Å². The summed E-state index contributed by atoms with van der Waals surface area (Å²) in [6.45, 7) is 5.31. The molecule has 5 heterocycles. The lowest BCUT2D eigenvalue weighted by Crippen LogP contribution is -2.48. The van der Waals surface area contributed by atoms with E-state index in [1.165, 1.54) is 18.7 Å². The van der Waals surface area contributed by atoms with Gasteiger partial charge in [0.05, 0.1) is 11.2 Å². The van der Waals surface area contributed by atoms with Gasteiger partial charge in [0.15, 0.2) is 11.5 Å². The van der Waals surface area contributed by atoms with Gasteiger partial charge in [-0.05, 0) is 62.2 Å². The third kappa shape index (κ3) is 4.66. The normalized spacial score (nSPS) is 19.7. The standard InChI is InChI=1S/C31H28FN7O3/c1-3-29(40)39-19-4-5-20(39)13-23(12-19)41-21-6-7-25-24(14-21)31(35-16-33-25)37-26-8-9-27(18(2)30(26)32)42-22-10-11-38-28(15-22)34-17-36-38/h3,6-11,14-17,19-20,23H,1,4-5,12-13H2,2H3,(H,33,35,37). The summed E-state index contributed by atoms with van der Waals surface area (Å²) in [5.74, 6) is 1.60. The van der Waals surface area contributed by atoms with Crippen molar-refractivity contribution >= 4 is 34.0 Å². The van der Waals surface area contributed by atoms with Crippen LogP contribution in [0, 0.1) is 12.7 Å². The molecule has 0 aliphatic carbocycles. The van der Waals surface area contributed by atoms with E-state index in [0.29, 0.717) is 45.2 Å². The van der Waals surface area contributed by atoms with Crippen molar-refractivity contribution in [1.82, 2.24) is 29.5 Å². The Labute approximate surface area is 240 Å². The lowest BCUT2D eigenvalue weighted by Gasteiger charge is -2.38. The molecular weight excluding hydrogens is 537 g/mol. The predicted octanol–water partition coefficient (Wildman–Crippen LogP) is 5.74. The molecule has 10 nitrogen and oxygen atoms in total. The molecule has 0 saturated carbocycles. The third-order valence-electron chi connectivity index (χ3n) is 8.10. The summed E-state index contributed by atoms with van der Waals surface area (Å²) in [7, 11) is 0. The first-order valence-corrected chi connectivity index (χ1v) is 13.9. The highest BCUT2D eigenvalue weighted by molar-refractivity contribution is 5.91. The van der Waals surface area contributed by atoms with E-state index in [-0.39, 0.29) is 29.8 Å². The number of fused-ring (bicyclic) bond motifs is 4. The predicted molar refractivity (Wildman–Crippen MR) is 155 cm³/mol. The average Bonchev–Trinajstić information content (AvgIpc) is 3.58. The Hall–Kier alpha value is -5.06. The number of carbonyl (C=O) groups is 1. The second-order valence-electron chi connectivity index (χ2n) is 10.6. The van der Waals surface area contributed by atoms with Gasteiger partial charge in [0, 0.05) is 48.1 Å². The Morgan fingerprint density at radius 3 is 2.69 bits per heavy atom. The van der Waals surface area contributed by atoms with Crippen LogP contribution in [0.1, 0.15) is 31.2 Å². The fraction of sp³-hybridized carbons (Fsp3) is 0.258. The zero-order valence-electron chi connectivity index (χ0n) is 22.9. The van der Waals surface area contributed by atoms with Gasteiger partial charge >= 0.3 is 0 Å². The van der Waals surface area contributed by atoms with Crippen LogP contribution in [0.25, 0.3) is 16.6 Å². The first kappa shape index (κ1) is 25.9. The molecular formula is C31H28FN7O3. The minimum Gasteiger partial charge on any atom is -0.490 e. The number of amides is 1. The molecule has 2 fully saturated rings. The fourth-order valence-corrected chi connectivity index (χ4v) is 6.08. The van der Waals surface area contributed by atoms with Crippen molar-refractivity contribution in [2.24, 2.45) is 0 Å². The Morgan fingerprint density at radius 2 is 1.88 bits per heavy atom. The van der Waals surface area contributed by atoms with Crippen molar-refractivity contribution in [2.45, 2.75) is 50.8 Å². The largest absolute Gasteiger partial charge is 0.490 e. The molecule has 1 N–H and O–H groups in total. The van der Waals surface area contributed by atoms with Gasteiger partial charge in [-0.2, -0.15) is 5.10 Å². The number of piperidine rings is 1. The van der Waals surface area contributed by atoms with Crippen LogP contribution in [0.15, 0.2) is 74.0 Å². The number of carbonyl (C=O) groups excluding carboxylic acids is 1. The summed E-state index contributed by atoms with van der Waals surface area (Å²) in [4.78, 5) is 27.2. The maximum absolute atomic E-state index is 15.6. The number of benzene rings is 2. The highest BCUT2D eigenvalue weighted by Gasteiger charge is 2.43. The van der Waals surface area contributed by atoms with E-state index in [1.807, 2.05) is 23.1 Å². The van der Waals surface area contributed by atoms with Gasteiger partial charge in [-0.3, -0.25) is 4.79 Å². The molecule has 0 spiro atoms. The number of hydrogen-bond acceptors (Lipinski definition) is 8. The van der Waals surface area contributed by atoms with Gasteiger partial charge in [0.25, 0.3) is 0 Å². The molecule has 2 aromatic carbocycles. The molecule has 2 unspecified atom stereocenters. The molecule has 3 aromatic heterocycles. The molecule has 7 rings (SSSR count). The van der Waals surface area contributed by atoms with Crippen LogP contribution in [-0.4, -0.2) is 53.6 Å². The second kappa shape index (κ2) is 10.4. The van der Waals surface area contributed by atoms with Crippen molar-refractivity contribution < 1.29 is 18.7 Å². The summed E-state index contributed by atoms with van der Waals surface area (Å²) < 4.78 is 29.5. The minimum atomic E-state index is -0.452. The van der Waals surface area contributed by atoms with Gasteiger partial charge in [-0.15, -0.1) is 0 Å². The smallest absolute Gasteiger partial charge is 0.246 e. The summed E-state index contributed by atoms with van der Waals surface area (Å²) in [5.41, 5.74) is 1.94. The van der Waals surface area contributed by atoms with E-state index in [1.54, 1.807) is 41.9 Å². The maximum Gasteiger partial charge on any atom is 0.246 e. The van der Waals surface area contributed by atoms with Crippen molar-refractivity contribution in [3.05, 3.63) is 85.4 Å². The Balaban J connectivity index is 1.10. The Bertz CT molecular complexity index is 1830.